The Kier molecular flexibility index (Phi) is 2.65. The van der Waals surface area contributed by atoms with E-state index in [-0.39, 0.29) is 24.9 Å². The lowest BCUT2D eigenvalue weighted by molar-refractivity contribution is -0.104. The van der Waals surface area contributed by atoms with Crippen LogP contribution in [0, 0.1) is 0 Å². The van der Waals surface area contributed by atoms with Crippen molar-refractivity contribution in [1.29, 1.82) is 0 Å². The summed E-state index contributed by atoms with van der Waals surface area (Å²) in [4.78, 5) is 0. The minimum absolute atomic E-state index is 0.0153. The van der Waals surface area contributed by atoms with Crippen molar-refractivity contribution < 1.29 is 14.9 Å². The van der Waals surface area contributed by atoms with Gasteiger partial charge in [-0.05, 0) is 13.3 Å². The van der Waals surface area contributed by atoms with Crippen LogP contribution in [0.15, 0.2) is 0 Å². The SMILES string of the molecule is CC1C[C@@H](O)C[C@@H](CO)O1. The van der Waals surface area contributed by atoms with Gasteiger partial charge in [0.05, 0.1) is 24.9 Å². The molecule has 1 aliphatic heterocycles. The van der Waals surface area contributed by atoms with E-state index in [1.165, 1.54) is 0 Å². The van der Waals surface area contributed by atoms with Crippen molar-refractivity contribution in [3.8, 4) is 0 Å². The van der Waals surface area contributed by atoms with Gasteiger partial charge in [0.1, 0.15) is 0 Å². The van der Waals surface area contributed by atoms with E-state index in [4.69, 9.17) is 9.84 Å². The molecule has 0 aromatic heterocycles. The van der Waals surface area contributed by atoms with Gasteiger partial charge in [0, 0.05) is 6.42 Å². The monoisotopic (exact) mass is 146 g/mol. The maximum Gasteiger partial charge on any atom is 0.0833 e. The number of hydrogen-bond donors (Lipinski definition) is 2. The zero-order valence-corrected chi connectivity index (χ0v) is 6.16. The van der Waals surface area contributed by atoms with E-state index in [2.05, 4.69) is 0 Å². The Morgan fingerprint density at radius 1 is 1.50 bits per heavy atom. The van der Waals surface area contributed by atoms with Crippen molar-refractivity contribution in [3.05, 3.63) is 0 Å². The number of rotatable bonds is 1. The van der Waals surface area contributed by atoms with Crippen LogP contribution in [0.25, 0.3) is 0 Å². The molecule has 0 aliphatic carbocycles. The van der Waals surface area contributed by atoms with Crippen LogP contribution in [0.4, 0.5) is 0 Å². The molecule has 10 heavy (non-hydrogen) atoms. The average Bonchev–Trinajstić information content (AvgIpc) is 1.85. The van der Waals surface area contributed by atoms with Crippen molar-refractivity contribution in [3.63, 3.8) is 0 Å². The van der Waals surface area contributed by atoms with Gasteiger partial charge in [0.25, 0.3) is 0 Å². The zero-order chi connectivity index (χ0) is 7.56. The highest BCUT2D eigenvalue weighted by Gasteiger charge is 2.24. The molecule has 1 heterocycles. The second kappa shape index (κ2) is 3.32. The molecule has 3 atom stereocenters. The van der Waals surface area contributed by atoms with Gasteiger partial charge in [-0.1, -0.05) is 0 Å². The van der Waals surface area contributed by atoms with Gasteiger partial charge in [-0.15, -0.1) is 0 Å². The second-order valence-corrected chi connectivity index (χ2v) is 2.88. The first-order valence-electron chi connectivity index (χ1n) is 3.66. The standard InChI is InChI=1S/C7H14O3/c1-5-2-6(9)3-7(4-8)10-5/h5-9H,2-4H2,1H3/t5?,6-,7+/m1/s1. The summed E-state index contributed by atoms with van der Waals surface area (Å²) in [5.74, 6) is 0. The molecule has 1 aliphatic rings. The highest BCUT2D eigenvalue weighted by Crippen LogP contribution is 2.18. The van der Waals surface area contributed by atoms with E-state index in [1.807, 2.05) is 6.92 Å². The minimum Gasteiger partial charge on any atom is -0.394 e. The van der Waals surface area contributed by atoms with Crippen molar-refractivity contribution in [2.45, 2.75) is 38.1 Å². The van der Waals surface area contributed by atoms with E-state index in [9.17, 15) is 5.11 Å². The lowest BCUT2D eigenvalue weighted by Crippen LogP contribution is -2.35. The maximum absolute atomic E-state index is 9.19. The van der Waals surface area contributed by atoms with E-state index in [0.29, 0.717) is 12.8 Å². The first-order chi connectivity index (χ1) is 4.72. The van der Waals surface area contributed by atoms with Crippen LogP contribution in [0.5, 0.6) is 0 Å². The number of hydrogen-bond acceptors (Lipinski definition) is 3. The highest BCUT2D eigenvalue weighted by atomic mass is 16.5. The Hall–Kier alpha value is -0.120. The lowest BCUT2D eigenvalue weighted by atomic mass is 10.0. The van der Waals surface area contributed by atoms with Crippen LogP contribution in [-0.4, -0.2) is 35.1 Å². The molecule has 0 aromatic carbocycles. The summed E-state index contributed by atoms with van der Waals surface area (Å²) in [7, 11) is 0. The predicted molar refractivity (Wildman–Crippen MR) is 36.7 cm³/mol. The smallest absolute Gasteiger partial charge is 0.0833 e. The van der Waals surface area contributed by atoms with Gasteiger partial charge in [-0.25, -0.2) is 0 Å². The van der Waals surface area contributed by atoms with Gasteiger partial charge < -0.3 is 14.9 Å². The maximum atomic E-state index is 9.19. The number of ether oxygens (including phenoxy) is 1. The van der Waals surface area contributed by atoms with Crippen molar-refractivity contribution in [2.75, 3.05) is 6.61 Å². The quantitative estimate of drug-likeness (QED) is 0.543. The Labute approximate surface area is 60.6 Å². The predicted octanol–water partition coefficient (Wildman–Crippen LogP) is -0.0929. The van der Waals surface area contributed by atoms with Crippen molar-refractivity contribution in [1.82, 2.24) is 0 Å². The van der Waals surface area contributed by atoms with E-state index < -0.39 is 0 Å². The van der Waals surface area contributed by atoms with Gasteiger partial charge >= 0.3 is 0 Å². The summed E-state index contributed by atoms with van der Waals surface area (Å²) in [5, 5.41) is 17.9. The molecule has 3 nitrogen and oxygen atoms in total. The third kappa shape index (κ3) is 1.94. The average molecular weight is 146 g/mol. The van der Waals surface area contributed by atoms with Crippen LogP contribution < -0.4 is 0 Å². The van der Waals surface area contributed by atoms with Gasteiger partial charge in [0.2, 0.25) is 0 Å². The van der Waals surface area contributed by atoms with E-state index in [1.54, 1.807) is 0 Å². The molecular formula is C7H14O3. The van der Waals surface area contributed by atoms with Crippen molar-refractivity contribution >= 4 is 0 Å². The normalized spacial score (nSPS) is 41.7. The van der Waals surface area contributed by atoms with Crippen LogP contribution in [-0.2, 0) is 4.74 Å². The summed E-state index contributed by atoms with van der Waals surface area (Å²) in [6.07, 6.45) is 0.901. The Balaban J connectivity index is 2.35. The molecule has 1 rings (SSSR count). The third-order valence-electron chi connectivity index (χ3n) is 1.77. The van der Waals surface area contributed by atoms with Crippen LogP contribution in [0.1, 0.15) is 19.8 Å². The summed E-state index contributed by atoms with van der Waals surface area (Å²) < 4.78 is 5.30. The molecule has 0 aromatic rings. The van der Waals surface area contributed by atoms with Crippen LogP contribution in [0.3, 0.4) is 0 Å². The highest BCUT2D eigenvalue weighted by molar-refractivity contribution is 4.73. The minimum atomic E-state index is -0.291. The molecule has 0 bridgehead atoms. The number of aliphatic hydroxyl groups excluding tert-OH is 2. The van der Waals surface area contributed by atoms with Crippen LogP contribution in [0.2, 0.25) is 0 Å². The first-order valence-corrected chi connectivity index (χ1v) is 3.66. The Morgan fingerprint density at radius 3 is 2.70 bits per heavy atom. The summed E-state index contributed by atoms with van der Waals surface area (Å²) in [5.41, 5.74) is 0. The largest absolute Gasteiger partial charge is 0.394 e. The molecule has 1 saturated heterocycles. The molecule has 0 radical (unpaired) electrons. The molecule has 0 spiro atoms. The van der Waals surface area contributed by atoms with Crippen molar-refractivity contribution in [2.24, 2.45) is 0 Å². The fraction of sp³-hybridized carbons (Fsp3) is 1.00. The first kappa shape index (κ1) is 7.98. The third-order valence-corrected chi connectivity index (χ3v) is 1.77. The molecular weight excluding hydrogens is 132 g/mol. The molecule has 2 N–H and O–H groups in total. The van der Waals surface area contributed by atoms with Gasteiger partial charge in [-0.3, -0.25) is 0 Å². The molecule has 0 saturated carbocycles. The topological polar surface area (TPSA) is 49.7 Å². The summed E-state index contributed by atoms with van der Waals surface area (Å²) in [6.45, 7) is 1.92. The zero-order valence-electron chi connectivity index (χ0n) is 6.16. The summed E-state index contributed by atoms with van der Waals surface area (Å²) >= 11 is 0. The number of aliphatic hydroxyl groups is 2. The Morgan fingerprint density at radius 2 is 2.20 bits per heavy atom. The lowest BCUT2D eigenvalue weighted by Gasteiger charge is -2.29. The fourth-order valence-corrected chi connectivity index (χ4v) is 1.34. The van der Waals surface area contributed by atoms with Crippen LogP contribution >= 0.6 is 0 Å². The molecule has 1 unspecified atom stereocenters. The van der Waals surface area contributed by atoms with E-state index in [0.717, 1.165) is 0 Å². The molecule has 3 heteroatoms. The summed E-state index contributed by atoms with van der Waals surface area (Å²) in [6, 6.07) is 0. The van der Waals surface area contributed by atoms with E-state index >= 15 is 0 Å². The fourth-order valence-electron chi connectivity index (χ4n) is 1.34. The van der Waals surface area contributed by atoms with Gasteiger partial charge in [0.15, 0.2) is 0 Å². The molecule has 0 amide bonds. The Bertz CT molecular complexity index is 95.0. The molecule has 1 fully saturated rings. The van der Waals surface area contributed by atoms with Gasteiger partial charge in [-0.2, -0.15) is 0 Å². The molecule has 60 valence electrons. The second-order valence-electron chi connectivity index (χ2n) is 2.88.